The molecule has 10 nitrogen and oxygen atoms in total. The molecule has 2 heterocycles. The normalized spacial score (nSPS) is 20.6. The first-order valence-corrected chi connectivity index (χ1v) is 13.1. The Morgan fingerprint density at radius 1 is 1.03 bits per heavy atom. The summed E-state index contributed by atoms with van der Waals surface area (Å²) in [4.78, 5) is 43.0. The zero-order chi connectivity index (χ0) is 25.1. The number of hydrogen-bond acceptors (Lipinski definition) is 7. The monoisotopic (exact) mass is 492 g/mol. The molecule has 3 fully saturated rings. The van der Waals surface area contributed by atoms with E-state index in [4.69, 9.17) is 14.2 Å². The molecule has 3 rings (SSSR count). The highest BCUT2D eigenvalue weighted by Gasteiger charge is 2.45. The predicted molar refractivity (Wildman–Crippen MR) is 127 cm³/mol. The van der Waals surface area contributed by atoms with E-state index >= 15 is 0 Å². The first-order chi connectivity index (χ1) is 17.0. The maximum atomic E-state index is 13.3. The van der Waals surface area contributed by atoms with Gasteiger partial charge in [-0.3, -0.25) is 9.69 Å². The van der Waals surface area contributed by atoms with Gasteiger partial charge < -0.3 is 24.0 Å². The fourth-order valence-corrected chi connectivity index (χ4v) is 5.05. The van der Waals surface area contributed by atoms with E-state index in [1.807, 2.05) is 6.92 Å². The second-order valence-electron chi connectivity index (χ2n) is 9.76. The maximum absolute atomic E-state index is 13.3. The van der Waals surface area contributed by atoms with Gasteiger partial charge in [0.15, 0.2) is 6.61 Å². The lowest BCUT2D eigenvalue weighted by Gasteiger charge is -2.44. The largest absolute Gasteiger partial charge is 0.449 e. The number of unbranched alkanes of at least 4 members (excludes halogenated alkanes) is 1. The molecule has 1 aliphatic carbocycles. The molecule has 0 aromatic heterocycles. The highest BCUT2D eigenvalue weighted by atomic mass is 16.6. The summed E-state index contributed by atoms with van der Waals surface area (Å²) in [5.41, 5.74) is -1.07. The number of nitrogens with zero attached hydrogens (tertiary/aromatic N) is 4. The number of rotatable bonds is 8. The first kappa shape index (κ1) is 27.1. The van der Waals surface area contributed by atoms with E-state index in [-0.39, 0.29) is 18.6 Å². The number of amides is 3. The second kappa shape index (κ2) is 13.5. The molecule has 0 aromatic carbocycles. The molecule has 3 aliphatic rings. The van der Waals surface area contributed by atoms with Crippen molar-refractivity contribution in [2.75, 3.05) is 59.2 Å². The summed E-state index contributed by atoms with van der Waals surface area (Å²) < 4.78 is 16.1. The van der Waals surface area contributed by atoms with Gasteiger partial charge in [-0.05, 0) is 25.2 Å². The third kappa shape index (κ3) is 7.47. The average molecular weight is 493 g/mol. The molecule has 10 heteroatoms. The highest BCUT2D eigenvalue weighted by Crippen LogP contribution is 2.33. The Morgan fingerprint density at radius 2 is 1.71 bits per heavy atom. The van der Waals surface area contributed by atoms with Gasteiger partial charge >= 0.3 is 12.2 Å². The van der Waals surface area contributed by atoms with E-state index in [1.54, 1.807) is 14.7 Å². The third-order valence-electron chi connectivity index (χ3n) is 7.37. The molecule has 0 radical (unpaired) electrons. The van der Waals surface area contributed by atoms with E-state index in [9.17, 15) is 19.6 Å². The lowest BCUT2D eigenvalue weighted by Crippen LogP contribution is -2.59. The predicted octanol–water partition coefficient (Wildman–Crippen LogP) is 3.16. The molecule has 0 atom stereocenters. The van der Waals surface area contributed by atoms with Crippen molar-refractivity contribution in [3.8, 4) is 6.07 Å². The number of hydrogen-bond donors (Lipinski definition) is 0. The van der Waals surface area contributed by atoms with E-state index in [2.05, 4.69) is 6.07 Å². The molecule has 3 amide bonds. The third-order valence-corrected chi connectivity index (χ3v) is 7.37. The van der Waals surface area contributed by atoms with Gasteiger partial charge in [-0.15, -0.1) is 0 Å². The Labute approximate surface area is 208 Å². The minimum Gasteiger partial charge on any atom is -0.449 e. The van der Waals surface area contributed by atoms with Crippen molar-refractivity contribution in [2.45, 2.75) is 70.3 Å². The summed E-state index contributed by atoms with van der Waals surface area (Å²) in [7, 11) is 0. The van der Waals surface area contributed by atoms with Crippen molar-refractivity contribution in [3.05, 3.63) is 0 Å². The van der Waals surface area contributed by atoms with Crippen molar-refractivity contribution in [1.82, 2.24) is 14.7 Å². The summed E-state index contributed by atoms with van der Waals surface area (Å²) in [5.74, 6) is 0.0448. The zero-order valence-electron chi connectivity index (χ0n) is 21.0. The molecule has 0 bridgehead atoms. The topological polar surface area (TPSA) is 112 Å². The van der Waals surface area contributed by atoms with Gasteiger partial charge in [-0.1, -0.05) is 32.6 Å². The Bertz CT molecular complexity index is 750. The summed E-state index contributed by atoms with van der Waals surface area (Å²) in [5, 5.41) is 10.2. The molecule has 2 saturated heterocycles. The molecular weight excluding hydrogens is 452 g/mol. The smallest absolute Gasteiger partial charge is 0.411 e. The second-order valence-corrected chi connectivity index (χ2v) is 9.76. The van der Waals surface area contributed by atoms with Crippen LogP contribution in [0.5, 0.6) is 0 Å². The van der Waals surface area contributed by atoms with Gasteiger partial charge in [0.1, 0.15) is 5.54 Å². The Morgan fingerprint density at radius 3 is 2.34 bits per heavy atom. The number of likely N-dealkylation sites (tertiary alicyclic amines) is 1. The summed E-state index contributed by atoms with van der Waals surface area (Å²) in [6.07, 6.45) is 6.83. The first-order valence-electron chi connectivity index (χ1n) is 13.1. The van der Waals surface area contributed by atoms with Gasteiger partial charge in [-0.2, -0.15) is 5.26 Å². The minimum absolute atomic E-state index is 0.255. The van der Waals surface area contributed by atoms with Gasteiger partial charge in [0.2, 0.25) is 0 Å². The molecule has 35 heavy (non-hydrogen) atoms. The van der Waals surface area contributed by atoms with E-state index in [0.717, 1.165) is 38.5 Å². The van der Waals surface area contributed by atoms with Crippen LogP contribution in [0.15, 0.2) is 0 Å². The van der Waals surface area contributed by atoms with Crippen molar-refractivity contribution in [1.29, 1.82) is 5.26 Å². The van der Waals surface area contributed by atoms with E-state index in [0.29, 0.717) is 71.3 Å². The van der Waals surface area contributed by atoms with Crippen molar-refractivity contribution in [2.24, 2.45) is 5.92 Å². The SMILES string of the molecule is CCCCOC(=O)N1CCC(C#N)(N(CC2CCCCC2)C(=O)OCC(=O)N2CCOCC2)CC1. The zero-order valence-corrected chi connectivity index (χ0v) is 21.0. The summed E-state index contributed by atoms with van der Waals surface area (Å²) in [6.45, 7) is 5.07. The Hall–Kier alpha value is -2.54. The molecular formula is C25H40N4O6. The quantitative estimate of drug-likeness (QED) is 0.478. The number of nitriles is 1. The maximum Gasteiger partial charge on any atom is 0.411 e. The summed E-state index contributed by atoms with van der Waals surface area (Å²) >= 11 is 0. The van der Waals surface area contributed by atoms with Crippen LogP contribution >= 0.6 is 0 Å². The van der Waals surface area contributed by atoms with Gasteiger partial charge in [-0.25, -0.2) is 9.59 Å². The molecule has 196 valence electrons. The van der Waals surface area contributed by atoms with Crippen LogP contribution in [0, 0.1) is 17.2 Å². The summed E-state index contributed by atoms with van der Waals surface area (Å²) in [6, 6.07) is 2.39. The van der Waals surface area contributed by atoms with E-state index < -0.39 is 11.6 Å². The minimum atomic E-state index is -1.07. The Kier molecular flexibility index (Phi) is 10.5. The molecule has 1 saturated carbocycles. The van der Waals surface area contributed by atoms with Crippen LogP contribution in [0.4, 0.5) is 9.59 Å². The standard InChI is InChI=1S/C25H40N4O6/c1-2-3-15-34-23(31)28-11-9-25(20-26,10-12-28)29(18-21-7-5-4-6-8-21)24(32)35-19-22(30)27-13-16-33-17-14-27/h21H,2-19H2,1H3. The molecule has 0 spiro atoms. The van der Waals surface area contributed by atoms with Gasteiger partial charge in [0.05, 0.1) is 25.9 Å². The van der Waals surface area contributed by atoms with E-state index in [1.165, 1.54) is 6.42 Å². The highest BCUT2D eigenvalue weighted by molar-refractivity contribution is 5.80. The number of carbonyl (C=O) groups is 3. The van der Waals surface area contributed by atoms with Crippen molar-refractivity contribution in [3.63, 3.8) is 0 Å². The van der Waals surface area contributed by atoms with Crippen molar-refractivity contribution < 1.29 is 28.6 Å². The van der Waals surface area contributed by atoms with Crippen LogP contribution in [0.1, 0.15) is 64.7 Å². The fourth-order valence-electron chi connectivity index (χ4n) is 5.05. The molecule has 2 aliphatic heterocycles. The number of piperidine rings is 1. The molecule has 0 N–H and O–H groups in total. The number of morpholine rings is 1. The van der Waals surface area contributed by atoms with Gasteiger partial charge in [0.25, 0.3) is 5.91 Å². The molecule has 0 unspecified atom stereocenters. The van der Waals surface area contributed by atoms with Crippen LogP contribution in [0.25, 0.3) is 0 Å². The van der Waals surface area contributed by atoms with Crippen LogP contribution in [-0.4, -0.2) is 97.5 Å². The van der Waals surface area contributed by atoms with Crippen molar-refractivity contribution >= 4 is 18.1 Å². The average Bonchev–Trinajstić information content (AvgIpc) is 2.91. The van der Waals surface area contributed by atoms with Crippen LogP contribution < -0.4 is 0 Å². The fraction of sp³-hybridized carbons (Fsp3) is 0.840. The van der Waals surface area contributed by atoms with Crippen LogP contribution in [0.3, 0.4) is 0 Å². The van der Waals surface area contributed by atoms with Crippen LogP contribution in [-0.2, 0) is 19.0 Å². The molecule has 0 aromatic rings. The Balaban J connectivity index is 1.65. The number of carbonyl (C=O) groups excluding carboxylic acids is 3. The van der Waals surface area contributed by atoms with Crippen LogP contribution in [0.2, 0.25) is 0 Å². The number of ether oxygens (including phenoxy) is 3. The lowest BCUT2D eigenvalue weighted by atomic mass is 9.84. The lowest BCUT2D eigenvalue weighted by molar-refractivity contribution is -0.138. The van der Waals surface area contributed by atoms with Gasteiger partial charge in [0, 0.05) is 45.6 Å².